The number of hydrogen-bond donors (Lipinski definition) is 2. The van der Waals surface area contributed by atoms with Crippen molar-refractivity contribution in [3.8, 4) is 22.4 Å². The van der Waals surface area contributed by atoms with Crippen LogP contribution < -0.4 is 5.32 Å². The van der Waals surface area contributed by atoms with Crippen LogP contribution in [0.3, 0.4) is 0 Å². The molecule has 4 aromatic heterocycles. The van der Waals surface area contributed by atoms with E-state index in [2.05, 4.69) is 20.3 Å². The summed E-state index contributed by atoms with van der Waals surface area (Å²) in [4.78, 5) is 13.2. The molecule has 0 radical (unpaired) electrons. The van der Waals surface area contributed by atoms with Crippen molar-refractivity contribution >= 4 is 11.3 Å². The second-order valence-corrected chi connectivity index (χ2v) is 7.90. The van der Waals surface area contributed by atoms with Gasteiger partial charge in [0, 0.05) is 53.2 Å². The molecule has 8 heteroatoms. The smallest absolute Gasteiger partial charge is 0.145 e. The molecular weight excluding hydrogens is 436 g/mol. The zero-order chi connectivity index (χ0) is 23.7. The van der Waals surface area contributed by atoms with Crippen molar-refractivity contribution < 1.29 is 13.9 Å². The maximum Gasteiger partial charge on any atom is 0.145 e. The lowest BCUT2D eigenvalue weighted by atomic mass is 10.1. The van der Waals surface area contributed by atoms with Crippen molar-refractivity contribution in [2.24, 2.45) is 0 Å². The predicted molar refractivity (Wildman–Crippen MR) is 126 cm³/mol. The van der Waals surface area contributed by atoms with Gasteiger partial charge in [0.1, 0.15) is 17.3 Å². The van der Waals surface area contributed by atoms with Crippen molar-refractivity contribution in [3.63, 3.8) is 0 Å². The Balaban J connectivity index is 1.55. The summed E-state index contributed by atoms with van der Waals surface area (Å²) >= 11 is 0. The molecule has 0 spiro atoms. The number of fused-ring (bicyclic) bond motifs is 1. The van der Waals surface area contributed by atoms with Crippen LogP contribution in [0.5, 0.6) is 0 Å². The van der Waals surface area contributed by atoms with Crippen LogP contribution >= 0.6 is 0 Å². The number of halogens is 2. The Morgan fingerprint density at radius 1 is 0.971 bits per heavy atom. The van der Waals surface area contributed by atoms with Crippen molar-refractivity contribution in [1.29, 1.82) is 0 Å². The highest BCUT2D eigenvalue weighted by Crippen LogP contribution is 2.31. The number of imidazole rings is 1. The second-order valence-electron chi connectivity index (χ2n) is 7.90. The van der Waals surface area contributed by atoms with E-state index in [9.17, 15) is 13.9 Å². The van der Waals surface area contributed by atoms with Crippen LogP contribution in [0.2, 0.25) is 0 Å². The largest absolute Gasteiger partial charge is 0.390 e. The molecule has 0 amide bonds. The number of pyridine rings is 3. The van der Waals surface area contributed by atoms with E-state index >= 15 is 0 Å². The van der Waals surface area contributed by atoms with E-state index < -0.39 is 5.82 Å². The highest BCUT2D eigenvalue weighted by molar-refractivity contribution is 5.81. The number of hydrogen-bond acceptors (Lipinski definition) is 5. The first-order chi connectivity index (χ1) is 16.5. The third-order valence-electron chi connectivity index (χ3n) is 5.68. The third kappa shape index (κ3) is 4.11. The van der Waals surface area contributed by atoms with Crippen LogP contribution in [0.4, 0.5) is 14.5 Å². The first-order valence-electron chi connectivity index (χ1n) is 10.7. The van der Waals surface area contributed by atoms with E-state index in [4.69, 9.17) is 0 Å². The summed E-state index contributed by atoms with van der Waals surface area (Å²) in [5.74, 6) is -0.748. The van der Waals surface area contributed by atoms with E-state index in [0.717, 1.165) is 34.3 Å². The van der Waals surface area contributed by atoms with Crippen LogP contribution in [0.1, 0.15) is 17.0 Å². The molecule has 0 aliphatic heterocycles. The van der Waals surface area contributed by atoms with Gasteiger partial charge in [0.25, 0.3) is 0 Å². The third-order valence-corrected chi connectivity index (χ3v) is 5.68. The van der Waals surface area contributed by atoms with Gasteiger partial charge in [-0.3, -0.25) is 14.4 Å². The van der Waals surface area contributed by atoms with Gasteiger partial charge >= 0.3 is 0 Å². The number of aliphatic hydroxyl groups is 1. The van der Waals surface area contributed by atoms with Crippen LogP contribution in [-0.2, 0) is 13.2 Å². The molecular formula is C26H21F2N5O. The Morgan fingerprint density at radius 3 is 2.56 bits per heavy atom. The normalized spacial score (nSPS) is 11.2. The molecule has 170 valence electrons. The molecule has 0 fully saturated rings. The number of nitrogens with zero attached hydrogens (tertiary/aromatic N) is 4. The van der Waals surface area contributed by atoms with E-state index in [0.29, 0.717) is 29.1 Å². The standard InChI is InChI=1S/C26H21F2N5O/c1-16-17(12-31-22-6-4-20(27)5-7-22)9-18(13-30-16)23-3-2-8-33-25(24(15-34)32-26(23)33)19-10-21(28)14-29-11-19/h2-11,13-14,31,34H,12,15H2,1H3. The van der Waals surface area contributed by atoms with Gasteiger partial charge in [-0.1, -0.05) is 0 Å². The minimum Gasteiger partial charge on any atom is -0.390 e. The Hall–Kier alpha value is -4.17. The van der Waals surface area contributed by atoms with Crippen LogP contribution in [0, 0.1) is 18.6 Å². The average Bonchev–Trinajstić information content (AvgIpc) is 3.23. The average molecular weight is 457 g/mol. The SMILES string of the molecule is Cc1ncc(-c2cccn3c(-c4cncc(F)c4)c(CO)nc23)cc1CNc1ccc(F)cc1. The molecule has 0 bridgehead atoms. The van der Waals surface area contributed by atoms with Gasteiger partial charge in [-0.2, -0.15) is 0 Å². The van der Waals surface area contributed by atoms with Gasteiger partial charge in [0.15, 0.2) is 0 Å². The summed E-state index contributed by atoms with van der Waals surface area (Å²) in [6, 6.07) is 13.4. The number of anilines is 1. The number of aryl methyl sites for hydroxylation is 1. The highest BCUT2D eigenvalue weighted by Gasteiger charge is 2.18. The number of aliphatic hydroxyl groups excluding tert-OH is 1. The first-order valence-corrected chi connectivity index (χ1v) is 10.7. The molecule has 0 aliphatic carbocycles. The molecule has 0 saturated carbocycles. The fraction of sp³-hybridized carbons (Fsp3) is 0.115. The van der Waals surface area contributed by atoms with Crippen molar-refractivity contribution in [1.82, 2.24) is 19.4 Å². The molecule has 34 heavy (non-hydrogen) atoms. The molecule has 2 N–H and O–H groups in total. The Morgan fingerprint density at radius 2 is 1.79 bits per heavy atom. The lowest BCUT2D eigenvalue weighted by molar-refractivity contribution is 0.278. The van der Waals surface area contributed by atoms with Crippen molar-refractivity contribution in [2.45, 2.75) is 20.1 Å². The molecule has 0 saturated heterocycles. The fourth-order valence-corrected chi connectivity index (χ4v) is 3.97. The minimum atomic E-state index is -0.464. The number of benzene rings is 1. The zero-order valence-electron chi connectivity index (χ0n) is 18.3. The summed E-state index contributed by atoms with van der Waals surface area (Å²) < 4.78 is 28.9. The van der Waals surface area contributed by atoms with Gasteiger partial charge in [-0.15, -0.1) is 0 Å². The first kappa shape index (κ1) is 21.7. The lowest BCUT2D eigenvalue weighted by Crippen LogP contribution is -2.03. The van der Waals surface area contributed by atoms with Crippen molar-refractivity contribution in [3.05, 3.63) is 102 Å². The number of aromatic nitrogens is 4. The summed E-state index contributed by atoms with van der Waals surface area (Å²) in [6.07, 6.45) is 6.29. The summed E-state index contributed by atoms with van der Waals surface area (Å²) in [5.41, 5.74) is 6.50. The van der Waals surface area contributed by atoms with Gasteiger partial charge in [-0.25, -0.2) is 13.8 Å². The van der Waals surface area contributed by atoms with E-state index in [-0.39, 0.29) is 12.4 Å². The van der Waals surface area contributed by atoms with Crippen molar-refractivity contribution in [2.75, 3.05) is 5.32 Å². The van der Waals surface area contributed by atoms with E-state index in [1.807, 2.05) is 35.7 Å². The second kappa shape index (κ2) is 8.99. The molecule has 6 nitrogen and oxygen atoms in total. The maximum absolute atomic E-state index is 13.8. The van der Waals surface area contributed by atoms with Gasteiger partial charge in [0.05, 0.1) is 24.2 Å². The van der Waals surface area contributed by atoms with Crippen LogP contribution in [0.25, 0.3) is 28.0 Å². The molecule has 0 aliphatic rings. The van der Waals surface area contributed by atoms with Gasteiger partial charge in [-0.05, 0) is 61.0 Å². The monoisotopic (exact) mass is 457 g/mol. The Bertz CT molecular complexity index is 1480. The van der Waals surface area contributed by atoms with Crippen LogP contribution in [0.15, 0.2) is 73.3 Å². The summed E-state index contributed by atoms with van der Waals surface area (Å²) in [7, 11) is 0. The quantitative estimate of drug-likeness (QED) is 0.369. The zero-order valence-corrected chi connectivity index (χ0v) is 18.3. The molecule has 5 rings (SSSR count). The van der Waals surface area contributed by atoms with E-state index in [1.54, 1.807) is 24.5 Å². The van der Waals surface area contributed by atoms with Gasteiger partial charge in [0.2, 0.25) is 0 Å². The molecule has 1 aromatic carbocycles. The van der Waals surface area contributed by atoms with Crippen LogP contribution in [-0.4, -0.2) is 24.5 Å². The predicted octanol–water partition coefficient (Wildman–Crippen LogP) is 5.15. The fourth-order valence-electron chi connectivity index (χ4n) is 3.97. The Labute approximate surface area is 194 Å². The Kier molecular flexibility index (Phi) is 5.73. The number of rotatable bonds is 6. The maximum atomic E-state index is 13.8. The highest BCUT2D eigenvalue weighted by atomic mass is 19.1. The molecule has 0 atom stereocenters. The summed E-state index contributed by atoms with van der Waals surface area (Å²) in [5, 5.41) is 13.2. The van der Waals surface area contributed by atoms with E-state index in [1.165, 1.54) is 18.2 Å². The molecule has 5 aromatic rings. The number of nitrogens with one attached hydrogen (secondary N) is 1. The molecule has 0 unspecified atom stereocenters. The lowest BCUT2D eigenvalue weighted by Gasteiger charge is -2.12. The minimum absolute atomic E-state index is 0.283. The topological polar surface area (TPSA) is 75.3 Å². The summed E-state index contributed by atoms with van der Waals surface area (Å²) in [6.45, 7) is 2.14. The van der Waals surface area contributed by atoms with Gasteiger partial charge < -0.3 is 10.4 Å². The molecule has 4 heterocycles.